The molecule has 1 aliphatic carbocycles. The van der Waals surface area contributed by atoms with Gasteiger partial charge in [0.25, 0.3) is 0 Å². The van der Waals surface area contributed by atoms with Crippen LogP contribution in [0.2, 0.25) is 5.28 Å². The molecule has 0 bridgehead atoms. The molecule has 7 atom stereocenters. The number of esters is 2. The summed E-state index contributed by atoms with van der Waals surface area (Å²) in [5, 5.41) is 31.9. The second kappa shape index (κ2) is 14.8. The zero-order valence-electron chi connectivity index (χ0n) is 25.4. The third-order valence-corrected chi connectivity index (χ3v) is 10.7. The lowest BCUT2D eigenvalue weighted by Gasteiger charge is -2.35. The van der Waals surface area contributed by atoms with Gasteiger partial charge in [-0.3, -0.25) is 14.2 Å². The van der Waals surface area contributed by atoms with E-state index in [-0.39, 0.29) is 24.5 Å². The molecular weight excluding hydrogens is 619 g/mol. The number of hydrogen-bond acceptors (Lipinski definition) is 12. The minimum atomic E-state index is -4.18. The fourth-order valence-corrected chi connectivity index (χ4v) is 8.48. The van der Waals surface area contributed by atoms with Gasteiger partial charge >= 0.3 is 11.9 Å². The monoisotopic (exact) mass is 660 g/mol. The molecule has 2 aliphatic rings. The smallest absolute Gasteiger partial charge is 0.323 e. The zero-order valence-corrected chi connectivity index (χ0v) is 27.1. The van der Waals surface area contributed by atoms with Gasteiger partial charge in [-0.1, -0.05) is 12.8 Å². The topological polar surface area (TPSA) is 195 Å². The molecule has 0 amide bonds. The highest BCUT2D eigenvalue weighted by Gasteiger charge is 2.54. The van der Waals surface area contributed by atoms with E-state index in [4.69, 9.17) is 30.5 Å². The van der Waals surface area contributed by atoms with Crippen molar-refractivity contribution in [1.82, 2.24) is 24.7 Å². The van der Waals surface area contributed by atoms with Crippen LogP contribution in [0.3, 0.4) is 0 Å². The summed E-state index contributed by atoms with van der Waals surface area (Å²) in [6, 6.07) is -0.226. The van der Waals surface area contributed by atoms with Crippen molar-refractivity contribution in [3.63, 3.8) is 0 Å². The van der Waals surface area contributed by atoms with Crippen molar-refractivity contribution in [2.75, 3.05) is 25.6 Å². The number of carbonyl (C=O) groups is 2. The van der Waals surface area contributed by atoms with Crippen molar-refractivity contribution in [3.8, 4) is 0 Å². The van der Waals surface area contributed by atoms with E-state index in [1.807, 2.05) is 0 Å². The summed E-state index contributed by atoms with van der Waals surface area (Å²) in [4.78, 5) is 33.7. The lowest BCUT2D eigenvalue weighted by Crippen LogP contribution is -2.50. The van der Waals surface area contributed by atoms with Crippen LogP contribution in [-0.4, -0.2) is 99.3 Å². The Morgan fingerprint density at radius 1 is 1.09 bits per heavy atom. The first-order chi connectivity index (χ1) is 20.9. The molecule has 1 saturated heterocycles. The first-order valence-corrected chi connectivity index (χ1v) is 16.9. The summed E-state index contributed by atoms with van der Waals surface area (Å²) < 4.78 is 38.0. The molecule has 1 unspecified atom stereocenters. The molecule has 17 heteroatoms. The lowest BCUT2D eigenvalue weighted by atomic mass is 10.1. The largest absolute Gasteiger partial charge is 0.465 e. The van der Waals surface area contributed by atoms with Crippen molar-refractivity contribution in [2.45, 2.75) is 102 Å². The van der Waals surface area contributed by atoms with Gasteiger partial charge in [-0.2, -0.15) is 4.98 Å². The Morgan fingerprint density at radius 2 is 1.68 bits per heavy atom. The fourth-order valence-electron chi connectivity index (χ4n) is 5.63. The molecule has 2 aromatic rings. The number of ether oxygens (including phenoxy) is 4. The Labute approximate surface area is 260 Å². The van der Waals surface area contributed by atoms with Gasteiger partial charge in [0.05, 0.1) is 18.6 Å². The average molecular weight is 661 g/mol. The van der Waals surface area contributed by atoms with E-state index in [0.717, 1.165) is 25.7 Å². The second-order valence-electron chi connectivity index (χ2n) is 10.9. The molecule has 1 aliphatic heterocycles. The van der Waals surface area contributed by atoms with E-state index >= 15 is 0 Å². The third-order valence-electron chi connectivity index (χ3n) is 7.72. The summed E-state index contributed by atoms with van der Waals surface area (Å²) in [6.07, 6.45) is 0.144. The number of nitrogens with one attached hydrogen (secondary N) is 3. The van der Waals surface area contributed by atoms with Gasteiger partial charge in [-0.05, 0) is 58.2 Å². The van der Waals surface area contributed by atoms with E-state index < -0.39 is 61.9 Å². The van der Waals surface area contributed by atoms with Gasteiger partial charge in [0.15, 0.2) is 12.1 Å². The highest BCUT2D eigenvalue weighted by atomic mass is 35.5. The minimum absolute atomic E-state index is 0.0175. The summed E-state index contributed by atoms with van der Waals surface area (Å²) in [5.41, 5.74) is 0.350. The SMILES string of the molecule is CCOC(=O)[C@H](C)NP(=O)(N[C@@H](C)C(=O)OCC)C(OC)[C@@H]1O[C@@H](n2ccc3c(NC4CCCC4)nc(Cl)nc32)[C@H](O)[C@@H]1O. The first kappa shape index (κ1) is 34.5. The maximum absolute atomic E-state index is 14.6. The highest BCUT2D eigenvalue weighted by molar-refractivity contribution is 7.60. The van der Waals surface area contributed by atoms with E-state index in [1.54, 1.807) is 26.1 Å². The number of methoxy groups -OCH3 is 1. The van der Waals surface area contributed by atoms with Gasteiger partial charge in [0.1, 0.15) is 41.9 Å². The summed E-state index contributed by atoms with van der Waals surface area (Å²) in [5.74, 6) is -2.35. The van der Waals surface area contributed by atoms with Crippen LogP contribution in [0.1, 0.15) is 59.6 Å². The molecular formula is C27H42ClN6O9P. The van der Waals surface area contributed by atoms with Crippen molar-refractivity contribution in [2.24, 2.45) is 0 Å². The number of carbonyl (C=O) groups excluding carboxylic acids is 2. The normalized spacial score (nSPS) is 24.7. The Hall–Kier alpha value is -2.36. The van der Waals surface area contributed by atoms with Crippen LogP contribution in [0.5, 0.6) is 0 Å². The van der Waals surface area contributed by atoms with Gasteiger partial charge in [-0.15, -0.1) is 0 Å². The predicted molar refractivity (Wildman–Crippen MR) is 161 cm³/mol. The van der Waals surface area contributed by atoms with Gasteiger partial charge in [0, 0.05) is 19.3 Å². The van der Waals surface area contributed by atoms with Crippen molar-refractivity contribution in [1.29, 1.82) is 0 Å². The molecule has 246 valence electrons. The average Bonchev–Trinajstić information content (AvgIpc) is 3.70. The number of aliphatic hydroxyl groups is 2. The molecule has 0 aromatic carbocycles. The lowest BCUT2D eigenvalue weighted by molar-refractivity contribution is -0.145. The molecule has 2 aromatic heterocycles. The van der Waals surface area contributed by atoms with Crippen molar-refractivity contribution in [3.05, 3.63) is 17.5 Å². The number of aromatic nitrogens is 3. The summed E-state index contributed by atoms with van der Waals surface area (Å²) in [7, 11) is -2.94. The highest BCUT2D eigenvalue weighted by Crippen LogP contribution is 2.50. The van der Waals surface area contributed by atoms with Crippen LogP contribution in [0, 0.1) is 0 Å². The maximum Gasteiger partial charge on any atom is 0.323 e. The summed E-state index contributed by atoms with van der Waals surface area (Å²) in [6.45, 7) is 6.30. The van der Waals surface area contributed by atoms with Crippen LogP contribution in [0.15, 0.2) is 12.3 Å². The van der Waals surface area contributed by atoms with Crippen LogP contribution < -0.4 is 15.5 Å². The van der Waals surface area contributed by atoms with Crippen molar-refractivity contribution < 1.29 is 43.3 Å². The zero-order chi connectivity index (χ0) is 32.2. The predicted octanol–water partition coefficient (Wildman–Crippen LogP) is 2.31. The minimum Gasteiger partial charge on any atom is -0.465 e. The molecule has 44 heavy (non-hydrogen) atoms. The van der Waals surface area contributed by atoms with E-state index in [9.17, 15) is 24.4 Å². The number of nitrogens with zero attached hydrogens (tertiary/aromatic N) is 3. The van der Waals surface area contributed by atoms with E-state index in [1.165, 1.54) is 25.5 Å². The standard InChI is InChI=1S/C27H42ClN6O9P/c1-6-41-24(37)14(3)32-44(39,33-15(4)25(38)42-7-2)26(40-5)20-18(35)19(36)23(43-20)34-13-12-17-21(29-16-10-8-9-11-16)30-27(28)31-22(17)34/h12-16,18-20,23,26,35-36H,6-11H2,1-5H3,(H,29,30,31)(H2,32,33,39)/t14-,15-,18-,19+,20+,23+,26?/m0/s1. The molecule has 1 saturated carbocycles. The quantitative estimate of drug-likeness (QED) is 0.112. The summed E-state index contributed by atoms with van der Waals surface area (Å²) >= 11 is 6.29. The number of fused-ring (bicyclic) bond motifs is 1. The Bertz CT molecular complexity index is 1330. The second-order valence-corrected chi connectivity index (χ2v) is 13.6. The van der Waals surface area contributed by atoms with E-state index in [0.29, 0.717) is 16.9 Å². The molecule has 15 nitrogen and oxygen atoms in total. The van der Waals surface area contributed by atoms with Crippen LogP contribution in [0.4, 0.5) is 5.82 Å². The Balaban J connectivity index is 1.66. The van der Waals surface area contributed by atoms with Gasteiger partial charge in [0.2, 0.25) is 12.7 Å². The van der Waals surface area contributed by atoms with Crippen LogP contribution in [0.25, 0.3) is 11.0 Å². The number of rotatable bonds is 14. The molecule has 3 heterocycles. The third kappa shape index (κ3) is 7.37. The van der Waals surface area contributed by atoms with Crippen molar-refractivity contribution >= 4 is 47.8 Å². The fraction of sp³-hybridized carbons (Fsp3) is 0.704. The molecule has 0 radical (unpaired) electrons. The Morgan fingerprint density at radius 3 is 2.23 bits per heavy atom. The maximum atomic E-state index is 14.6. The molecule has 4 rings (SSSR count). The number of hydrogen-bond donors (Lipinski definition) is 5. The number of aliphatic hydroxyl groups excluding tert-OH is 2. The first-order valence-electron chi connectivity index (χ1n) is 14.8. The van der Waals surface area contributed by atoms with Crippen LogP contribution in [-0.2, 0) is 33.1 Å². The molecule has 0 spiro atoms. The van der Waals surface area contributed by atoms with Crippen LogP contribution >= 0.6 is 19.0 Å². The Kier molecular flexibility index (Phi) is 11.6. The van der Waals surface area contributed by atoms with Gasteiger partial charge < -0.3 is 39.0 Å². The van der Waals surface area contributed by atoms with Gasteiger partial charge in [-0.25, -0.2) is 15.2 Å². The number of halogens is 1. The molecule has 5 N–H and O–H groups in total. The molecule has 2 fully saturated rings. The van der Waals surface area contributed by atoms with E-state index in [2.05, 4.69) is 25.5 Å². The number of anilines is 1.